The number of hydrogen-bond donors (Lipinski definition) is 1. The van der Waals surface area contributed by atoms with E-state index in [-0.39, 0.29) is 17.7 Å². The molecule has 1 atom stereocenters. The number of likely N-dealkylation sites (tertiary alicyclic amines) is 1. The molecule has 1 N–H and O–H groups in total. The second kappa shape index (κ2) is 8.80. The quantitative estimate of drug-likeness (QED) is 0.664. The van der Waals surface area contributed by atoms with Gasteiger partial charge in [-0.3, -0.25) is 9.59 Å². The molecule has 0 aliphatic carbocycles. The third-order valence-corrected chi connectivity index (χ3v) is 6.13. The number of carbonyl (C=O) groups excluding carboxylic acids is 2. The van der Waals surface area contributed by atoms with Crippen molar-refractivity contribution >= 4 is 40.6 Å². The van der Waals surface area contributed by atoms with Crippen LogP contribution in [0.1, 0.15) is 28.1 Å². The maximum Gasteiger partial charge on any atom is 0.263 e. The molecule has 29 heavy (non-hydrogen) atoms. The molecule has 0 unspecified atom stereocenters. The first-order valence-electron chi connectivity index (χ1n) is 9.50. The fourth-order valence-corrected chi connectivity index (χ4v) is 4.30. The second-order valence-electron chi connectivity index (χ2n) is 7.06. The lowest BCUT2D eigenvalue weighted by molar-refractivity contribution is -0.121. The molecule has 4 rings (SSSR count). The van der Waals surface area contributed by atoms with Crippen molar-refractivity contribution in [1.29, 1.82) is 0 Å². The van der Waals surface area contributed by atoms with E-state index in [4.69, 9.17) is 11.6 Å². The van der Waals surface area contributed by atoms with Gasteiger partial charge < -0.3 is 10.2 Å². The first-order chi connectivity index (χ1) is 14.1. The molecule has 1 aliphatic heterocycles. The highest BCUT2D eigenvalue weighted by Gasteiger charge is 2.29. The van der Waals surface area contributed by atoms with Crippen LogP contribution < -0.4 is 5.32 Å². The average molecular weight is 429 g/mol. The number of aromatic nitrogens is 2. The van der Waals surface area contributed by atoms with Crippen molar-refractivity contribution in [3.63, 3.8) is 0 Å². The molecule has 6 nitrogen and oxygen atoms in total. The number of rotatable bonds is 5. The van der Waals surface area contributed by atoms with E-state index in [1.165, 1.54) is 11.3 Å². The number of amides is 2. The summed E-state index contributed by atoms with van der Waals surface area (Å²) in [5.41, 5.74) is 1.04. The van der Waals surface area contributed by atoms with Crippen LogP contribution in [0.4, 0.5) is 5.82 Å². The Morgan fingerprint density at radius 3 is 2.79 bits per heavy atom. The normalized spacial score (nSPS) is 16.6. The molecule has 0 bridgehead atoms. The molecule has 3 aromatic rings. The number of piperidine rings is 1. The van der Waals surface area contributed by atoms with Gasteiger partial charge in [-0.1, -0.05) is 29.8 Å². The predicted octanol–water partition coefficient (Wildman–Crippen LogP) is 4.14. The van der Waals surface area contributed by atoms with Crippen molar-refractivity contribution in [2.45, 2.75) is 19.4 Å². The van der Waals surface area contributed by atoms with Gasteiger partial charge in [-0.15, -0.1) is 11.3 Å². The first kappa shape index (κ1) is 19.7. The van der Waals surface area contributed by atoms with E-state index in [2.05, 4.69) is 10.4 Å². The fourth-order valence-electron chi connectivity index (χ4n) is 3.49. The van der Waals surface area contributed by atoms with Gasteiger partial charge in [0.1, 0.15) is 5.82 Å². The number of nitrogens with one attached hydrogen (secondary N) is 1. The lowest BCUT2D eigenvalue weighted by atomic mass is 9.97. The van der Waals surface area contributed by atoms with E-state index in [9.17, 15) is 9.59 Å². The van der Waals surface area contributed by atoms with Gasteiger partial charge in [0.25, 0.3) is 5.91 Å². The van der Waals surface area contributed by atoms with Crippen molar-refractivity contribution in [2.75, 3.05) is 18.4 Å². The number of anilines is 1. The zero-order valence-corrected chi connectivity index (χ0v) is 17.3. The zero-order chi connectivity index (χ0) is 20.2. The third-order valence-electron chi connectivity index (χ3n) is 5.02. The molecule has 0 spiro atoms. The molecule has 3 heterocycles. The van der Waals surface area contributed by atoms with E-state index >= 15 is 0 Å². The van der Waals surface area contributed by atoms with Gasteiger partial charge in [-0.05, 0) is 42.0 Å². The molecular formula is C21H21ClN4O2S. The summed E-state index contributed by atoms with van der Waals surface area (Å²) in [6, 6.07) is 13.0. The minimum atomic E-state index is -0.230. The van der Waals surface area contributed by atoms with Crippen molar-refractivity contribution in [3.8, 4) is 0 Å². The SMILES string of the molecule is O=C(Nc1ccnn1Cc1ccc(Cl)cc1)[C@H]1CCCN(C(=O)c2cccs2)C1. The molecule has 8 heteroatoms. The highest BCUT2D eigenvalue weighted by molar-refractivity contribution is 7.12. The summed E-state index contributed by atoms with van der Waals surface area (Å²) in [6.07, 6.45) is 3.25. The number of thiophene rings is 1. The number of carbonyl (C=O) groups is 2. The van der Waals surface area contributed by atoms with Gasteiger partial charge in [0, 0.05) is 24.2 Å². The van der Waals surface area contributed by atoms with E-state index in [1.807, 2.05) is 41.8 Å². The summed E-state index contributed by atoms with van der Waals surface area (Å²) in [4.78, 5) is 28.0. The van der Waals surface area contributed by atoms with Crippen molar-refractivity contribution < 1.29 is 9.59 Å². The third kappa shape index (κ3) is 4.68. The Balaban J connectivity index is 1.40. The minimum Gasteiger partial charge on any atom is -0.337 e. The van der Waals surface area contributed by atoms with Crippen LogP contribution in [-0.2, 0) is 11.3 Å². The van der Waals surface area contributed by atoms with Crippen molar-refractivity contribution in [3.05, 3.63) is 69.5 Å². The summed E-state index contributed by atoms with van der Waals surface area (Å²) >= 11 is 7.37. The summed E-state index contributed by atoms with van der Waals surface area (Å²) in [6.45, 7) is 1.66. The van der Waals surface area contributed by atoms with Crippen LogP contribution in [0.5, 0.6) is 0 Å². The summed E-state index contributed by atoms with van der Waals surface area (Å²) in [5.74, 6) is 0.343. The second-order valence-corrected chi connectivity index (χ2v) is 8.44. The number of nitrogens with zero attached hydrogens (tertiary/aromatic N) is 3. The van der Waals surface area contributed by atoms with Crippen LogP contribution in [0.2, 0.25) is 5.02 Å². The van der Waals surface area contributed by atoms with Gasteiger partial charge in [0.15, 0.2) is 0 Å². The smallest absolute Gasteiger partial charge is 0.263 e. The summed E-state index contributed by atoms with van der Waals surface area (Å²) < 4.78 is 1.75. The fraction of sp³-hybridized carbons (Fsp3) is 0.286. The van der Waals surface area contributed by atoms with Gasteiger partial charge in [-0.25, -0.2) is 4.68 Å². The van der Waals surface area contributed by atoms with Gasteiger partial charge in [0.2, 0.25) is 5.91 Å². The topological polar surface area (TPSA) is 67.2 Å². The molecule has 150 valence electrons. The predicted molar refractivity (Wildman–Crippen MR) is 114 cm³/mol. The molecule has 0 saturated carbocycles. The molecule has 2 amide bonds. The van der Waals surface area contributed by atoms with Crippen molar-refractivity contribution in [2.24, 2.45) is 5.92 Å². The van der Waals surface area contributed by atoms with E-state index in [0.29, 0.717) is 35.4 Å². The molecule has 1 saturated heterocycles. The summed E-state index contributed by atoms with van der Waals surface area (Å²) in [7, 11) is 0. The van der Waals surface area contributed by atoms with Crippen LogP contribution in [0.3, 0.4) is 0 Å². The first-order valence-corrected chi connectivity index (χ1v) is 10.8. The molecule has 1 fully saturated rings. The van der Waals surface area contributed by atoms with E-state index in [0.717, 1.165) is 18.4 Å². The van der Waals surface area contributed by atoms with Crippen LogP contribution in [0.25, 0.3) is 0 Å². The zero-order valence-electron chi connectivity index (χ0n) is 15.8. The lowest BCUT2D eigenvalue weighted by Gasteiger charge is -2.31. The van der Waals surface area contributed by atoms with E-state index in [1.54, 1.807) is 21.8 Å². The molecule has 0 radical (unpaired) electrons. The van der Waals surface area contributed by atoms with Gasteiger partial charge in [-0.2, -0.15) is 5.10 Å². The Labute approximate surface area is 178 Å². The Bertz CT molecular complexity index is 985. The molecule has 1 aliphatic rings. The van der Waals surface area contributed by atoms with Crippen LogP contribution in [0.15, 0.2) is 54.0 Å². The minimum absolute atomic E-state index is 0.00489. The Hall–Kier alpha value is -2.64. The van der Waals surface area contributed by atoms with Gasteiger partial charge >= 0.3 is 0 Å². The largest absolute Gasteiger partial charge is 0.337 e. The molecule has 1 aromatic carbocycles. The highest BCUT2D eigenvalue weighted by Crippen LogP contribution is 2.22. The number of hydrogen-bond acceptors (Lipinski definition) is 4. The monoisotopic (exact) mass is 428 g/mol. The highest BCUT2D eigenvalue weighted by atomic mass is 35.5. The Morgan fingerprint density at radius 1 is 1.21 bits per heavy atom. The van der Waals surface area contributed by atoms with Crippen LogP contribution in [0, 0.1) is 5.92 Å². The Kier molecular flexibility index (Phi) is 5.97. The van der Waals surface area contributed by atoms with Crippen LogP contribution in [-0.4, -0.2) is 39.6 Å². The summed E-state index contributed by atoms with van der Waals surface area (Å²) in [5, 5.41) is 9.88. The number of halogens is 1. The maximum atomic E-state index is 12.9. The van der Waals surface area contributed by atoms with E-state index < -0.39 is 0 Å². The van der Waals surface area contributed by atoms with Crippen molar-refractivity contribution in [1.82, 2.24) is 14.7 Å². The maximum absolute atomic E-state index is 12.9. The van der Waals surface area contributed by atoms with Crippen LogP contribution >= 0.6 is 22.9 Å². The standard InChI is InChI=1S/C21H21ClN4O2S/c22-17-7-5-15(6-8-17)13-26-19(9-10-23-26)24-20(27)16-3-1-11-25(14-16)21(28)18-4-2-12-29-18/h2,4-10,12,16H,1,3,11,13-14H2,(H,24,27)/t16-/m0/s1. The molecule has 2 aromatic heterocycles. The molecular weight excluding hydrogens is 408 g/mol. The Morgan fingerprint density at radius 2 is 2.03 bits per heavy atom. The average Bonchev–Trinajstić information content (AvgIpc) is 3.42. The number of benzene rings is 1. The lowest BCUT2D eigenvalue weighted by Crippen LogP contribution is -2.43. The van der Waals surface area contributed by atoms with Gasteiger partial charge in [0.05, 0.1) is 23.5 Å².